The van der Waals surface area contributed by atoms with Gasteiger partial charge in [-0.25, -0.2) is 0 Å². The number of nitrogens with zero attached hydrogens (tertiary/aromatic N) is 4. The summed E-state index contributed by atoms with van der Waals surface area (Å²) in [4.78, 5) is 0. The molecule has 4 rings (SSSR count). The van der Waals surface area contributed by atoms with E-state index in [1.165, 1.54) is 0 Å². The maximum Gasteiger partial charge on any atom is 0.244 e. The lowest BCUT2D eigenvalue weighted by Crippen LogP contribution is -2.21. The van der Waals surface area contributed by atoms with Crippen molar-refractivity contribution in [1.29, 1.82) is 5.26 Å². The van der Waals surface area contributed by atoms with Gasteiger partial charge in [-0.3, -0.25) is 5.10 Å². The van der Waals surface area contributed by atoms with E-state index in [1.807, 2.05) is 19.1 Å². The van der Waals surface area contributed by atoms with Gasteiger partial charge in [0.25, 0.3) is 0 Å². The van der Waals surface area contributed by atoms with Gasteiger partial charge in [0.05, 0.1) is 13.0 Å². The molecule has 0 radical (unpaired) electrons. The second-order valence-corrected chi connectivity index (χ2v) is 9.45. The first-order chi connectivity index (χ1) is 15.0. The van der Waals surface area contributed by atoms with Gasteiger partial charge in [0.15, 0.2) is 4.34 Å². The van der Waals surface area contributed by atoms with E-state index in [-0.39, 0.29) is 11.8 Å². The average Bonchev–Trinajstić information content (AvgIpc) is 3.37. The lowest BCUT2D eigenvalue weighted by atomic mass is 9.83. The van der Waals surface area contributed by atoms with Gasteiger partial charge in [-0.1, -0.05) is 48.6 Å². The number of aromatic nitrogens is 4. The van der Waals surface area contributed by atoms with Gasteiger partial charge in [0.2, 0.25) is 11.8 Å². The summed E-state index contributed by atoms with van der Waals surface area (Å²) in [5, 5.41) is 26.4. The number of aromatic amines is 1. The largest absolute Gasteiger partial charge is 0.496 e. The van der Waals surface area contributed by atoms with Crippen LogP contribution in [0.2, 0.25) is 0 Å². The van der Waals surface area contributed by atoms with Crippen molar-refractivity contribution >= 4 is 23.1 Å². The first-order valence-electron chi connectivity index (χ1n) is 9.80. The highest BCUT2D eigenvalue weighted by Crippen LogP contribution is 2.44. The van der Waals surface area contributed by atoms with Crippen LogP contribution >= 0.6 is 23.1 Å². The Hall–Kier alpha value is -3.03. The Bertz CT molecular complexity index is 1180. The van der Waals surface area contributed by atoms with Crippen molar-refractivity contribution in [3.63, 3.8) is 0 Å². The van der Waals surface area contributed by atoms with Crippen molar-refractivity contribution < 1.29 is 9.47 Å². The Kier molecular flexibility index (Phi) is 6.15. The molecule has 31 heavy (non-hydrogen) atoms. The molecule has 2 aromatic heterocycles. The van der Waals surface area contributed by atoms with Crippen LogP contribution < -0.4 is 15.2 Å². The second-order valence-electron chi connectivity index (χ2n) is 7.04. The molecule has 10 heteroatoms. The van der Waals surface area contributed by atoms with Crippen LogP contribution in [0.4, 0.5) is 0 Å². The highest BCUT2D eigenvalue weighted by molar-refractivity contribution is 8.00. The maximum absolute atomic E-state index is 9.86. The number of aryl methyl sites for hydroxylation is 2. The number of allylic oxidation sites excluding steroid dienone is 1. The van der Waals surface area contributed by atoms with Crippen LogP contribution in [-0.2, 0) is 12.2 Å². The Balaban J connectivity index is 1.76. The monoisotopic (exact) mass is 454 g/mol. The fraction of sp³-hybridized carbons (Fsp3) is 0.333. The molecule has 0 spiro atoms. The molecule has 1 atom stereocenters. The molecule has 3 aromatic rings. The van der Waals surface area contributed by atoms with Crippen LogP contribution in [0.25, 0.3) is 0 Å². The number of H-pyrrole nitrogens is 1. The molecule has 160 valence electrons. The molecule has 0 amide bonds. The fourth-order valence-corrected chi connectivity index (χ4v) is 5.44. The summed E-state index contributed by atoms with van der Waals surface area (Å²) in [6.45, 7) is 4.03. The number of rotatable bonds is 7. The van der Waals surface area contributed by atoms with Crippen LogP contribution in [0, 0.1) is 18.3 Å². The van der Waals surface area contributed by atoms with Crippen LogP contribution in [0.5, 0.6) is 11.6 Å². The van der Waals surface area contributed by atoms with Crippen LogP contribution in [0.3, 0.4) is 0 Å². The van der Waals surface area contributed by atoms with Gasteiger partial charge in [-0.2, -0.15) is 5.26 Å². The van der Waals surface area contributed by atoms with E-state index in [9.17, 15) is 5.26 Å². The number of nitrogens with two attached hydrogens (primary N) is 1. The number of benzene rings is 1. The molecule has 1 aliphatic rings. The van der Waals surface area contributed by atoms with E-state index in [0.717, 1.165) is 50.3 Å². The van der Waals surface area contributed by atoms with E-state index < -0.39 is 0 Å². The topological polar surface area (TPSA) is 123 Å². The molecule has 0 bridgehead atoms. The van der Waals surface area contributed by atoms with Crippen LogP contribution in [-0.4, -0.2) is 27.5 Å². The third-order valence-corrected chi connectivity index (χ3v) is 7.04. The predicted octanol–water partition coefficient (Wildman–Crippen LogP) is 4.04. The number of hydrogen-bond donors (Lipinski definition) is 2. The number of methoxy groups -OCH3 is 1. The molecule has 3 heterocycles. The normalized spacial score (nSPS) is 15.4. The van der Waals surface area contributed by atoms with Crippen molar-refractivity contribution in [2.24, 2.45) is 5.73 Å². The molecule has 1 aliphatic heterocycles. The zero-order valence-electron chi connectivity index (χ0n) is 17.4. The zero-order valence-corrected chi connectivity index (χ0v) is 19.1. The van der Waals surface area contributed by atoms with E-state index in [2.05, 4.69) is 39.5 Å². The zero-order chi connectivity index (χ0) is 22.0. The Labute approximate surface area is 188 Å². The molecule has 3 N–H and O–H groups in total. The van der Waals surface area contributed by atoms with Crippen molar-refractivity contribution in [3.05, 3.63) is 57.0 Å². The number of nitriles is 1. The third kappa shape index (κ3) is 4.11. The summed E-state index contributed by atoms with van der Waals surface area (Å²) in [6.07, 6.45) is 1.74. The highest BCUT2D eigenvalue weighted by Gasteiger charge is 2.35. The van der Waals surface area contributed by atoms with E-state index in [1.54, 1.807) is 30.2 Å². The number of nitrogens with one attached hydrogen (secondary N) is 1. The van der Waals surface area contributed by atoms with E-state index in [0.29, 0.717) is 17.2 Å². The van der Waals surface area contributed by atoms with E-state index >= 15 is 0 Å². The minimum atomic E-state index is -0.354. The quantitative estimate of drug-likeness (QED) is 0.513. The fourth-order valence-electron chi connectivity index (χ4n) is 3.65. The average molecular weight is 455 g/mol. The number of ether oxygens (including phenoxy) is 2. The summed E-state index contributed by atoms with van der Waals surface area (Å²) in [6, 6.07) is 8.20. The third-order valence-electron chi connectivity index (χ3n) is 5.01. The molecule has 1 unspecified atom stereocenters. The number of hydrogen-bond acceptors (Lipinski definition) is 9. The summed E-state index contributed by atoms with van der Waals surface area (Å²) >= 11 is 3.17. The minimum absolute atomic E-state index is 0.0885. The van der Waals surface area contributed by atoms with Crippen LogP contribution in [0.1, 0.15) is 46.7 Å². The van der Waals surface area contributed by atoms with Crippen molar-refractivity contribution in [3.8, 4) is 17.7 Å². The Morgan fingerprint density at radius 3 is 2.90 bits per heavy atom. The highest BCUT2D eigenvalue weighted by atomic mass is 32.2. The van der Waals surface area contributed by atoms with Gasteiger partial charge in [0, 0.05) is 22.6 Å². The van der Waals surface area contributed by atoms with Gasteiger partial charge in [-0.15, -0.1) is 15.3 Å². The summed E-state index contributed by atoms with van der Waals surface area (Å²) in [5.41, 5.74) is 10.2. The number of fused-ring (bicyclic) bond motifs is 1. The number of thioether (sulfide) groups is 1. The van der Waals surface area contributed by atoms with Crippen LogP contribution in [0.15, 0.2) is 34.0 Å². The van der Waals surface area contributed by atoms with Crippen molar-refractivity contribution in [2.75, 3.05) is 7.11 Å². The Morgan fingerprint density at radius 2 is 2.23 bits per heavy atom. The van der Waals surface area contributed by atoms with Gasteiger partial charge in [-0.05, 0) is 25.0 Å². The molecular formula is C21H22N6O2S2. The first-order valence-corrected chi connectivity index (χ1v) is 11.6. The molecule has 0 saturated heterocycles. The van der Waals surface area contributed by atoms with E-state index in [4.69, 9.17) is 15.2 Å². The molecule has 8 nitrogen and oxygen atoms in total. The molecule has 1 aromatic carbocycles. The molecular weight excluding hydrogens is 432 g/mol. The van der Waals surface area contributed by atoms with Gasteiger partial charge >= 0.3 is 0 Å². The summed E-state index contributed by atoms with van der Waals surface area (Å²) < 4.78 is 12.1. The predicted molar refractivity (Wildman–Crippen MR) is 119 cm³/mol. The standard InChI is InChI=1S/C21H22N6O2S2/c1-4-5-15-18-17(14(9-22)19(23)29-20(18)26-25-15)12-6-7-16(28-3)13(8-12)10-30-21-27-24-11(2)31-21/h6-8,17H,4-5,10,23H2,1-3H3,(H,25,26). The maximum atomic E-state index is 9.86. The first kappa shape index (κ1) is 21.2. The second kappa shape index (κ2) is 8.99. The van der Waals surface area contributed by atoms with Gasteiger partial charge in [0.1, 0.15) is 22.4 Å². The minimum Gasteiger partial charge on any atom is -0.496 e. The summed E-state index contributed by atoms with van der Waals surface area (Å²) in [7, 11) is 1.65. The lowest BCUT2D eigenvalue weighted by molar-refractivity contribution is 0.378. The smallest absolute Gasteiger partial charge is 0.244 e. The summed E-state index contributed by atoms with van der Waals surface area (Å²) in [5.74, 6) is 1.61. The molecule has 0 aliphatic carbocycles. The molecule has 0 fully saturated rings. The van der Waals surface area contributed by atoms with Gasteiger partial charge < -0.3 is 15.2 Å². The SMILES string of the molecule is CCCc1[nH]nc2c1C(c1ccc(OC)c(CSc3nnc(C)s3)c1)C(C#N)=C(N)O2. The molecule has 0 saturated carbocycles. The lowest BCUT2D eigenvalue weighted by Gasteiger charge is -2.25. The van der Waals surface area contributed by atoms with Crippen molar-refractivity contribution in [2.45, 2.75) is 42.7 Å². The Morgan fingerprint density at radius 1 is 1.39 bits per heavy atom. The van der Waals surface area contributed by atoms with Crippen molar-refractivity contribution in [1.82, 2.24) is 20.4 Å².